The molecule has 9 heteroatoms. The standard InChI is InChI=1S/C14H12Cl4N4O/c1-22(12-3-2-8(15)6-19-12)7-13(23)20-21-14-10(17)4-9(16)5-11(14)18/h2-6,21H,7H2,1H3,(H,20,23). The lowest BCUT2D eigenvalue weighted by atomic mass is 10.3. The largest absolute Gasteiger partial charge is 0.350 e. The highest BCUT2D eigenvalue weighted by molar-refractivity contribution is 6.41. The van der Waals surface area contributed by atoms with Crippen LogP contribution in [0.1, 0.15) is 0 Å². The van der Waals surface area contributed by atoms with Crippen molar-refractivity contribution in [1.29, 1.82) is 0 Å². The summed E-state index contributed by atoms with van der Waals surface area (Å²) in [5.41, 5.74) is 5.57. The first-order valence-electron chi connectivity index (χ1n) is 6.39. The summed E-state index contributed by atoms with van der Waals surface area (Å²) in [4.78, 5) is 17.8. The average molecular weight is 394 g/mol. The Morgan fingerprint density at radius 3 is 2.35 bits per heavy atom. The van der Waals surface area contributed by atoms with Crippen LogP contribution in [0.25, 0.3) is 0 Å². The van der Waals surface area contributed by atoms with E-state index in [1.807, 2.05) is 0 Å². The number of benzene rings is 1. The summed E-state index contributed by atoms with van der Waals surface area (Å²) in [6, 6.07) is 6.46. The van der Waals surface area contributed by atoms with Crippen LogP contribution in [0.15, 0.2) is 30.5 Å². The summed E-state index contributed by atoms with van der Waals surface area (Å²) in [5.74, 6) is 0.318. The molecule has 2 N–H and O–H groups in total. The number of aromatic nitrogens is 1. The number of hydrazine groups is 1. The van der Waals surface area contributed by atoms with E-state index in [-0.39, 0.29) is 12.5 Å². The average Bonchev–Trinajstić information content (AvgIpc) is 2.46. The number of hydrogen-bond acceptors (Lipinski definition) is 4. The van der Waals surface area contributed by atoms with Gasteiger partial charge >= 0.3 is 0 Å². The van der Waals surface area contributed by atoms with Gasteiger partial charge in [0.25, 0.3) is 5.91 Å². The summed E-state index contributed by atoms with van der Waals surface area (Å²) in [5, 5.41) is 1.54. The van der Waals surface area contributed by atoms with Gasteiger partial charge in [-0.1, -0.05) is 46.4 Å². The van der Waals surface area contributed by atoms with E-state index in [1.54, 1.807) is 24.1 Å². The Hall–Kier alpha value is -1.40. The molecule has 1 aromatic heterocycles. The van der Waals surface area contributed by atoms with E-state index in [4.69, 9.17) is 46.4 Å². The van der Waals surface area contributed by atoms with Gasteiger partial charge in [-0.15, -0.1) is 0 Å². The molecule has 0 atom stereocenters. The number of pyridine rings is 1. The molecule has 122 valence electrons. The fourth-order valence-electron chi connectivity index (χ4n) is 1.72. The molecule has 0 fully saturated rings. The van der Waals surface area contributed by atoms with E-state index in [0.717, 1.165) is 0 Å². The van der Waals surface area contributed by atoms with Gasteiger partial charge in [-0.05, 0) is 24.3 Å². The normalized spacial score (nSPS) is 10.3. The second-order valence-corrected chi connectivity index (χ2v) is 6.30. The smallest absolute Gasteiger partial charge is 0.257 e. The lowest BCUT2D eigenvalue weighted by Gasteiger charge is -2.18. The maximum absolute atomic E-state index is 12.0. The highest BCUT2D eigenvalue weighted by Gasteiger charge is 2.11. The van der Waals surface area contributed by atoms with Gasteiger partial charge in [-0.25, -0.2) is 4.98 Å². The molecule has 5 nitrogen and oxygen atoms in total. The van der Waals surface area contributed by atoms with E-state index >= 15 is 0 Å². The van der Waals surface area contributed by atoms with Crippen molar-refractivity contribution >= 4 is 63.8 Å². The van der Waals surface area contributed by atoms with E-state index < -0.39 is 0 Å². The molecular formula is C14H12Cl4N4O. The van der Waals surface area contributed by atoms with Crippen molar-refractivity contribution in [3.05, 3.63) is 50.6 Å². The molecule has 23 heavy (non-hydrogen) atoms. The lowest BCUT2D eigenvalue weighted by Crippen LogP contribution is -2.38. The Labute approximate surface area is 153 Å². The number of anilines is 2. The van der Waals surface area contributed by atoms with Crippen molar-refractivity contribution in [2.24, 2.45) is 0 Å². The molecule has 1 heterocycles. The maximum Gasteiger partial charge on any atom is 0.257 e. The van der Waals surface area contributed by atoms with Gasteiger partial charge in [-0.2, -0.15) is 0 Å². The van der Waals surface area contributed by atoms with Crippen LogP contribution >= 0.6 is 46.4 Å². The molecule has 0 unspecified atom stereocenters. The number of likely N-dealkylation sites (N-methyl/N-ethyl adjacent to an activating group) is 1. The second kappa shape index (κ2) is 7.93. The molecule has 0 radical (unpaired) electrons. The number of carbonyl (C=O) groups excluding carboxylic acids is 1. The Balaban J connectivity index is 1.94. The van der Waals surface area contributed by atoms with Gasteiger partial charge in [0.15, 0.2) is 0 Å². The SMILES string of the molecule is CN(CC(=O)NNc1c(Cl)cc(Cl)cc1Cl)c1ccc(Cl)cn1. The number of hydrogen-bond donors (Lipinski definition) is 2. The summed E-state index contributed by atoms with van der Waals surface area (Å²) in [6.45, 7) is 0.0739. The van der Waals surface area contributed by atoms with E-state index in [0.29, 0.717) is 31.6 Å². The highest BCUT2D eigenvalue weighted by Crippen LogP contribution is 2.33. The summed E-state index contributed by atoms with van der Waals surface area (Å²) in [6.07, 6.45) is 1.51. The number of rotatable bonds is 5. The molecule has 0 aliphatic rings. The van der Waals surface area contributed by atoms with Crippen LogP contribution in [0, 0.1) is 0 Å². The topological polar surface area (TPSA) is 57.3 Å². The lowest BCUT2D eigenvalue weighted by molar-refractivity contribution is -0.119. The van der Waals surface area contributed by atoms with Gasteiger partial charge in [0.1, 0.15) is 5.82 Å². The zero-order valence-corrected chi connectivity index (χ0v) is 14.9. The highest BCUT2D eigenvalue weighted by atomic mass is 35.5. The first kappa shape index (κ1) is 17.9. The Kier molecular flexibility index (Phi) is 6.18. The van der Waals surface area contributed by atoms with Crippen molar-refractivity contribution in [3.63, 3.8) is 0 Å². The first-order chi connectivity index (χ1) is 10.9. The van der Waals surface area contributed by atoms with Crippen LogP contribution in [-0.2, 0) is 4.79 Å². The van der Waals surface area contributed by atoms with Gasteiger partial charge in [0.2, 0.25) is 0 Å². The third-order valence-electron chi connectivity index (χ3n) is 2.82. The molecular weight excluding hydrogens is 382 g/mol. The molecule has 2 aromatic rings. The van der Waals surface area contributed by atoms with Crippen LogP contribution in [0.2, 0.25) is 20.1 Å². The molecule has 0 saturated heterocycles. The monoisotopic (exact) mass is 392 g/mol. The quantitative estimate of drug-likeness (QED) is 0.744. The predicted octanol–water partition coefficient (Wildman–Crippen LogP) is 4.27. The van der Waals surface area contributed by atoms with Crippen LogP contribution in [0.3, 0.4) is 0 Å². The number of nitrogens with zero attached hydrogens (tertiary/aromatic N) is 2. The van der Waals surface area contributed by atoms with E-state index in [2.05, 4.69) is 15.8 Å². The summed E-state index contributed by atoms with van der Waals surface area (Å²) >= 11 is 23.6. The fourth-order valence-corrected chi connectivity index (χ4v) is 2.75. The number of nitrogens with one attached hydrogen (secondary N) is 2. The zero-order valence-electron chi connectivity index (χ0n) is 11.9. The Morgan fingerprint density at radius 1 is 1.13 bits per heavy atom. The maximum atomic E-state index is 12.0. The fraction of sp³-hybridized carbons (Fsp3) is 0.143. The summed E-state index contributed by atoms with van der Waals surface area (Å²) < 4.78 is 0. The van der Waals surface area contributed by atoms with E-state index in [1.165, 1.54) is 18.3 Å². The van der Waals surface area contributed by atoms with Gasteiger partial charge in [0.05, 0.1) is 27.3 Å². The minimum atomic E-state index is -0.300. The third kappa shape index (κ3) is 5.04. The number of halogens is 4. The van der Waals surface area contributed by atoms with Crippen LogP contribution < -0.4 is 15.8 Å². The minimum absolute atomic E-state index is 0.0739. The molecule has 0 saturated carbocycles. The zero-order chi connectivity index (χ0) is 17.0. The van der Waals surface area contributed by atoms with E-state index in [9.17, 15) is 4.79 Å². The molecule has 0 aliphatic carbocycles. The summed E-state index contributed by atoms with van der Waals surface area (Å²) in [7, 11) is 1.73. The van der Waals surface area contributed by atoms with Crippen molar-refractivity contribution in [1.82, 2.24) is 10.4 Å². The first-order valence-corrected chi connectivity index (χ1v) is 7.90. The van der Waals surface area contributed by atoms with Crippen molar-refractivity contribution < 1.29 is 4.79 Å². The molecule has 1 amide bonds. The van der Waals surface area contributed by atoms with Crippen molar-refractivity contribution in [2.75, 3.05) is 23.9 Å². The van der Waals surface area contributed by atoms with Gasteiger partial charge in [-0.3, -0.25) is 15.6 Å². The van der Waals surface area contributed by atoms with Crippen LogP contribution in [0.4, 0.5) is 11.5 Å². The molecule has 0 bridgehead atoms. The van der Waals surface area contributed by atoms with Crippen LogP contribution in [0.5, 0.6) is 0 Å². The van der Waals surface area contributed by atoms with Crippen molar-refractivity contribution in [2.45, 2.75) is 0 Å². The van der Waals surface area contributed by atoms with Gasteiger partial charge in [0, 0.05) is 18.3 Å². The Morgan fingerprint density at radius 2 is 1.78 bits per heavy atom. The third-order valence-corrected chi connectivity index (χ3v) is 3.86. The second-order valence-electron chi connectivity index (χ2n) is 4.61. The predicted molar refractivity (Wildman–Crippen MR) is 95.8 cm³/mol. The Bertz CT molecular complexity index is 685. The molecule has 0 spiro atoms. The number of carbonyl (C=O) groups is 1. The van der Waals surface area contributed by atoms with Gasteiger partial charge < -0.3 is 4.90 Å². The molecule has 2 rings (SSSR count). The molecule has 0 aliphatic heterocycles. The van der Waals surface area contributed by atoms with Crippen molar-refractivity contribution in [3.8, 4) is 0 Å². The number of amides is 1. The molecule has 1 aromatic carbocycles. The minimum Gasteiger partial charge on any atom is -0.350 e. The van der Waals surface area contributed by atoms with Crippen LogP contribution in [-0.4, -0.2) is 24.5 Å².